The second-order valence-corrected chi connectivity index (χ2v) is 6.45. The molecule has 0 fully saturated rings. The van der Waals surface area contributed by atoms with Gasteiger partial charge < -0.3 is 4.74 Å². The Balaban J connectivity index is 2.18. The first kappa shape index (κ1) is 16.1. The minimum Gasteiger partial charge on any atom is -0.495 e. The highest BCUT2D eigenvalue weighted by molar-refractivity contribution is 7.90. The Kier molecular flexibility index (Phi) is 4.02. The number of pyridine rings is 2. The normalized spacial score (nSPS) is 11.5. The molecule has 0 aliphatic carbocycles. The maximum atomic E-state index is 14.1. The van der Waals surface area contributed by atoms with Crippen LogP contribution in [0.15, 0.2) is 53.9 Å². The van der Waals surface area contributed by atoms with E-state index in [1.165, 1.54) is 43.8 Å². The lowest BCUT2D eigenvalue weighted by Crippen LogP contribution is -2.15. The van der Waals surface area contributed by atoms with Crippen molar-refractivity contribution in [2.24, 2.45) is 0 Å². The molecule has 0 aromatic carbocycles. The second-order valence-electron chi connectivity index (χ2n) is 4.69. The van der Waals surface area contributed by atoms with E-state index in [0.717, 1.165) is 12.3 Å². The molecule has 0 radical (unpaired) electrons. The summed E-state index contributed by atoms with van der Waals surface area (Å²) in [5.41, 5.74) is -0.713. The highest BCUT2D eigenvalue weighted by Gasteiger charge is 2.26. The molecule has 9 heteroatoms. The molecule has 0 spiro atoms. The molecule has 0 amide bonds. The first-order valence-corrected chi connectivity index (χ1v) is 8.12. The van der Waals surface area contributed by atoms with Gasteiger partial charge in [0.15, 0.2) is 5.03 Å². The zero-order valence-corrected chi connectivity index (χ0v) is 13.2. The summed E-state index contributed by atoms with van der Waals surface area (Å²) >= 11 is 0. The zero-order valence-electron chi connectivity index (χ0n) is 12.3. The monoisotopic (exact) mass is 351 g/mol. The van der Waals surface area contributed by atoms with Gasteiger partial charge >= 0.3 is 0 Å². The number of hydrogen-bond donors (Lipinski definition) is 0. The third-order valence-electron chi connectivity index (χ3n) is 3.29. The third kappa shape index (κ3) is 2.62. The molecule has 3 aromatic heterocycles. The molecule has 0 saturated heterocycles. The quantitative estimate of drug-likeness (QED) is 0.675. The van der Waals surface area contributed by atoms with Crippen LogP contribution in [0.1, 0.15) is 0 Å². The maximum Gasteiger partial charge on any atom is 0.285 e. The van der Waals surface area contributed by atoms with Crippen molar-refractivity contribution in [2.45, 2.75) is 5.03 Å². The third-order valence-corrected chi connectivity index (χ3v) is 4.88. The molecule has 3 aromatic rings. The van der Waals surface area contributed by atoms with Gasteiger partial charge in [0, 0.05) is 12.4 Å². The Hall–Kier alpha value is -2.81. The highest BCUT2D eigenvalue weighted by Crippen LogP contribution is 2.28. The fourth-order valence-corrected chi connectivity index (χ4v) is 3.42. The molecular weight excluding hydrogens is 340 g/mol. The average molecular weight is 351 g/mol. The van der Waals surface area contributed by atoms with E-state index in [9.17, 15) is 17.2 Å². The van der Waals surface area contributed by atoms with Crippen molar-refractivity contribution >= 4 is 10.0 Å². The Morgan fingerprint density at radius 1 is 1.12 bits per heavy atom. The van der Waals surface area contributed by atoms with Gasteiger partial charge in [-0.1, -0.05) is 0 Å². The molecule has 6 nitrogen and oxygen atoms in total. The number of rotatable bonds is 4. The van der Waals surface area contributed by atoms with Crippen molar-refractivity contribution < 1.29 is 21.9 Å². The van der Waals surface area contributed by atoms with Crippen LogP contribution in [0.2, 0.25) is 0 Å². The minimum absolute atomic E-state index is 0.267. The highest BCUT2D eigenvalue weighted by atomic mass is 32.2. The van der Waals surface area contributed by atoms with E-state index >= 15 is 0 Å². The van der Waals surface area contributed by atoms with Crippen molar-refractivity contribution in [3.05, 3.63) is 60.7 Å². The largest absolute Gasteiger partial charge is 0.495 e. The maximum absolute atomic E-state index is 14.1. The van der Waals surface area contributed by atoms with Crippen molar-refractivity contribution in [1.82, 2.24) is 13.9 Å². The Morgan fingerprint density at radius 2 is 1.92 bits per heavy atom. The van der Waals surface area contributed by atoms with Crippen molar-refractivity contribution in [3.8, 4) is 17.0 Å². The number of aromatic nitrogens is 3. The van der Waals surface area contributed by atoms with Crippen LogP contribution >= 0.6 is 0 Å². The van der Waals surface area contributed by atoms with Gasteiger partial charge in [0.05, 0.1) is 18.9 Å². The lowest BCUT2D eigenvalue weighted by Gasteiger charge is -2.10. The van der Waals surface area contributed by atoms with Gasteiger partial charge in [-0.15, -0.1) is 0 Å². The molecule has 0 unspecified atom stereocenters. The van der Waals surface area contributed by atoms with E-state index in [-0.39, 0.29) is 10.6 Å². The summed E-state index contributed by atoms with van der Waals surface area (Å²) in [4.78, 5) is 7.22. The fourth-order valence-electron chi connectivity index (χ4n) is 2.14. The molecule has 0 atom stereocenters. The van der Waals surface area contributed by atoms with E-state index in [0.29, 0.717) is 9.72 Å². The van der Waals surface area contributed by atoms with Crippen LogP contribution in [0.25, 0.3) is 11.3 Å². The first-order chi connectivity index (χ1) is 11.4. The molecule has 24 heavy (non-hydrogen) atoms. The summed E-state index contributed by atoms with van der Waals surface area (Å²) in [6, 6.07) is 6.18. The van der Waals surface area contributed by atoms with E-state index in [4.69, 9.17) is 4.74 Å². The molecule has 0 saturated carbocycles. The topological polar surface area (TPSA) is 74.1 Å². The Labute approximate surface area is 136 Å². The minimum atomic E-state index is -4.22. The number of halogens is 2. The molecule has 0 aliphatic heterocycles. The summed E-state index contributed by atoms with van der Waals surface area (Å²) in [6.07, 6.45) is 3.40. The average Bonchev–Trinajstić information content (AvgIpc) is 2.97. The smallest absolute Gasteiger partial charge is 0.285 e. The second kappa shape index (κ2) is 6.00. The van der Waals surface area contributed by atoms with Crippen LogP contribution in [-0.4, -0.2) is 29.5 Å². The molecule has 0 bridgehead atoms. The molecule has 3 heterocycles. The van der Waals surface area contributed by atoms with E-state index < -0.39 is 27.5 Å². The standard InChI is InChI=1S/C15H11F2N3O3S/c1-23-10-4-5-13(19-9-10)24(21,22)20-8-6-12(16)14(20)11-3-2-7-18-15(11)17/h2-9H,1H3. The summed E-state index contributed by atoms with van der Waals surface area (Å²) in [5, 5.41) is -0.329. The first-order valence-electron chi connectivity index (χ1n) is 6.68. The van der Waals surface area contributed by atoms with Gasteiger partial charge in [0.1, 0.15) is 17.3 Å². The number of methoxy groups -OCH3 is 1. The molecule has 0 N–H and O–H groups in total. The lowest BCUT2D eigenvalue weighted by molar-refractivity contribution is 0.412. The zero-order chi connectivity index (χ0) is 17.3. The van der Waals surface area contributed by atoms with Crippen molar-refractivity contribution in [2.75, 3.05) is 7.11 Å². The van der Waals surface area contributed by atoms with Gasteiger partial charge in [-0.05, 0) is 30.3 Å². The van der Waals surface area contributed by atoms with E-state index in [1.54, 1.807) is 0 Å². The van der Waals surface area contributed by atoms with Crippen molar-refractivity contribution in [1.29, 1.82) is 0 Å². The Morgan fingerprint density at radius 3 is 2.54 bits per heavy atom. The van der Waals surface area contributed by atoms with Crippen molar-refractivity contribution in [3.63, 3.8) is 0 Å². The lowest BCUT2D eigenvalue weighted by atomic mass is 10.2. The predicted molar refractivity (Wildman–Crippen MR) is 81.0 cm³/mol. The van der Waals surface area contributed by atoms with E-state index in [1.807, 2.05) is 0 Å². The SMILES string of the molecule is COc1ccc(S(=O)(=O)n2ccc(F)c2-c2cccnc2F)nc1. The van der Waals surface area contributed by atoms with Crippen LogP contribution in [0.5, 0.6) is 5.75 Å². The summed E-state index contributed by atoms with van der Waals surface area (Å²) in [5.74, 6) is -1.50. The fraction of sp³-hybridized carbons (Fsp3) is 0.0667. The number of ether oxygens (including phenoxy) is 1. The van der Waals surface area contributed by atoms with Crippen LogP contribution in [-0.2, 0) is 10.0 Å². The summed E-state index contributed by atoms with van der Waals surface area (Å²) in [7, 11) is -2.81. The van der Waals surface area contributed by atoms with Crippen LogP contribution < -0.4 is 4.74 Å². The molecule has 124 valence electrons. The number of hydrogen-bond acceptors (Lipinski definition) is 5. The van der Waals surface area contributed by atoms with Crippen LogP contribution in [0.4, 0.5) is 8.78 Å². The number of nitrogens with zero attached hydrogens (tertiary/aromatic N) is 3. The van der Waals surface area contributed by atoms with Gasteiger partial charge in [0.2, 0.25) is 5.95 Å². The van der Waals surface area contributed by atoms with Gasteiger partial charge in [-0.2, -0.15) is 12.8 Å². The predicted octanol–water partition coefficient (Wildman–Crippen LogP) is 2.47. The van der Waals surface area contributed by atoms with E-state index in [2.05, 4.69) is 9.97 Å². The van der Waals surface area contributed by atoms with Gasteiger partial charge in [-0.25, -0.2) is 18.3 Å². The molecular formula is C15H11F2N3O3S. The van der Waals surface area contributed by atoms with Crippen LogP contribution in [0.3, 0.4) is 0 Å². The van der Waals surface area contributed by atoms with Crippen LogP contribution in [0, 0.1) is 11.8 Å². The summed E-state index contributed by atoms with van der Waals surface area (Å²) in [6.45, 7) is 0. The van der Waals surface area contributed by atoms with Gasteiger partial charge in [0.25, 0.3) is 10.0 Å². The molecule has 3 rings (SSSR count). The molecule has 0 aliphatic rings. The van der Waals surface area contributed by atoms with Gasteiger partial charge in [-0.3, -0.25) is 0 Å². The summed E-state index contributed by atoms with van der Waals surface area (Å²) < 4.78 is 59.0. The Bertz CT molecular complexity index is 985.